The molecule has 0 nitrogen and oxygen atoms in total. The first-order valence-corrected chi connectivity index (χ1v) is 27.9. The van der Waals surface area contributed by atoms with Crippen LogP contribution in [0.3, 0.4) is 0 Å². The Labute approximate surface area is 401 Å². The molecule has 0 atom stereocenters. The SMILES string of the molecule is [Cu].c1ccc([PH+](c2ccccc2)c2ccccc2[PH+](c2ccccc2)c2ccccc2)cc1.c1ccc([PH+](c2ccccc2)c2ccccc2[PH+](c2ccccc2)c2ccccc2)cc1. The zero-order chi connectivity index (χ0) is 43.2. The van der Waals surface area contributed by atoms with Crippen molar-refractivity contribution in [2.24, 2.45) is 0 Å². The van der Waals surface area contributed by atoms with Crippen LogP contribution in [0, 0.1) is 0 Å². The maximum Gasteiger partial charge on any atom is 0.144 e. The van der Waals surface area contributed by atoms with E-state index in [0.29, 0.717) is 0 Å². The fraction of sp³-hybridized carbons (Fsp3) is 0. The molecule has 0 spiro atoms. The first-order chi connectivity index (χ1) is 31.8. The fourth-order valence-electron chi connectivity index (χ4n) is 8.59. The van der Waals surface area contributed by atoms with Crippen LogP contribution < -0.4 is 63.7 Å². The largest absolute Gasteiger partial charge is 0.144 e. The van der Waals surface area contributed by atoms with Gasteiger partial charge in [0.1, 0.15) is 95.3 Å². The van der Waals surface area contributed by atoms with Gasteiger partial charge in [-0.1, -0.05) is 170 Å². The van der Waals surface area contributed by atoms with Gasteiger partial charge < -0.3 is 0 Å². The Bertz CT molecular complexity index is 2360. The number of rotatable bonds is 12. The predicted octanol–water partition coefficient (Wildman–Crippen LogP) is 9.33. The van der Waals surface area contributed by atoms with Crippen LogP contribution in [0.15, 0.2) is 291 Å². The molecule has 319 valence electrons. The maximum atomic E-state index is 2.38. The number of hydrogen-bond acceptors (Lipinski definition) is 0. The van der Waals surface area contributed by atoms with Crippen LogP contribution >= 0.6 is 31.7 Å². The van der Waals surface area contributed by atoms with E-state index in [1.54, 1.807) is 0 Å². The van der Waals surface area contributed by atoms with E-state index in [1.807, 2.05) is 0 Å². The molecule has 65 heavy (non-hydrogen) atoms. The molecule has 0 amide bonds. The van der Waals surface area contributed by atoms with Crippen LogP contribution in [-0.4, -0.2) is 0 Å². The van der Waals surface area contributed by atoms with E-state index in [0.717, 1.165) is 0 Å². The second kappa shape index (κ2) is 23.6. The van der Waals surface area contributed by atoms with E-state index in [-0.39, 0.29) is 17.1 Å². The molecule has 10 rings (SSSR count). The van der Waals surface area contributed by atoms with E-state index < -0.39 is 31.7 Å². The van der Waals surface area contributed by atoms with Crippen molar-refractivity contribution in [2.45, 2.75) is 0 Å². The van der Waals surface area contributed by atoms with Gasteiger partial charge in [0.2, 0.25) is 0 Å². The summed E-state index contributed by atoms with van der Waals surface area (Å²) in [5.41, 5.74) is 0. The molecular weight excluding hydrogens is 908 g/mol. The van der Waals surface area contributed by atoms with Crippen LogP contribution in [0.1, 0.15) is 0 Å². The minimum Gasteiger partial charge on any atom is -0.0620 e. The van der Waals surface area contributed by atoms with Crippen molar-refractivity contribution in [3.05, 3.63) is 291 Å². The summed E-state index contributed by atoms with van der Waals surface area (Å²) in [6, 6.07) is 107. The standard InChI is InChI=1S/2C30H24P2.Cu/c2*1-5-15-25(16-6-1)31(26-17-7-2-8-18-26)29-23-13-14-24-30(29)32(27-19-9-3-10-20-27)28-21-11-4-12-22-28;/h2*1-24H;/p+4. The molecule has 0 aromatic heterocycles. The van der Waals surface area contributed by atoms with Gasteiger partial charge >= 0.3 is 0 Å². The fourth-order valence-corrected chi connectivity index (χ4v) is 20.6. The van der Waals surface area contributed by atoms with Crippen molar-refractivity contribution >= 4 is 95.3 Å². The zero-order valence-electron chi connectivity index (χ0n) is 36.0. The number of hydrogen-bond donors (Lipinski definition) is 0. The molecule has 10 aromatic carbocycles. The molecule has 0 saturated carbocycles. The Morgan fingerprint density at radius 3 is 0.369 bits per heavy atom. The summed E-state index contributed by atoms with van der Waals surface area (Å²) in [6.45, 7) is 0. The third kappa shape index (κ3) is 11.3. The molecule has 0 heterocycles. The smallest absolute Gasteiger partial charge is 0.0620 e. The molecule has 0 N–H and O–H groups in total. The first-order valence-electron chi connectivity index (χ1n) is 21.9. The summed E-state index contributed by atoms with van der Waals surface area (Å²) < 4.78 is 0. The maximum absolute atomic E-state index is 2.38. The van der Waals surface area contributed by atoms with Crippen LogP contribution in [0.2, 0.25) is 0 Å². The molecule has 0 unspecified atom stereocenters. The summed E-state index contributed by atoms with van der Waals surface area (Å²) in [5.74, 6) is 0. The van der Waals surface area contributed by atoms with Gasteiger partial charge in [0.15, 0.2) is 0 Å². The molecule has 0 fully saturated rings. The first kappa shape index (κ1) is 46.0. The Kier molecular flexibility index (Phi) is 16.7. The predicted molar refractivity (Wildman–Crippen MR) is 293 cm³/mol. The average Bonchev–Trinajstić information content (AvgIpc) is 3.38. The second-order valence-electron chi connectivity index (χ2n) is 15.5. The van der Waals surface area contributed by atoms with Crippen LogP contribution in [0.5, 0.6) is 0 Å². The van der Waals surface area contributed by atoms with Crippen molar-refractivity contribution in [3.8, 4) is 0 Å². The van der Waals surface area contributed by atoms with Gasteiger partial charge in [-0.15, -0.1) is 0 Å². The van der Waals surface area contributed by atoms with Gasteiger partial charge in [-0.2, -0.15) is 0 Å². The Morgan fingerprint density at radius 2 is 0.246 bits per heavy atom. The van der Waals surface area contributed by atoms with Gasteiger partial charge in [0.25, 0.3) is 0 Å². The van der Waals surface area contributed by atoms with Crippen LogP contribution in [-0.2, 0) is 17.1 Å². The van der Waals surface area contributed by atoms with E-state index in [4.69, 9.17) is 0 Å². The third-order valence-electron chi connectivity index (χ3n) is 11.4. The normalized spacial score (nSPS) is 10.9. The van der Waals surface area contributed by atoms with Gasteiger partial charge in [-0.25, -0.2) is 0 Å². The summed E-state index contributed by atoms with van der Waals surface area (Å²) in [6.07, 6.45) is 0. The van der Waals surface area contributed by atoms with Crippen LogP contribution in [0.25, 0.3) is 0 Å². The Morgan fingerprint density at radius 1 is 0.138 bits per heavy atom. The molecular formula is C60H52CuP4+4. The Balaban J connectivity index is 0.000000175. The van der Waals surface area contributed by atoms with Crippen molar-refractivity contribution in [1.29, 1.82) is 0 Å². The third-order valence-corrected chi connectivity index (χ3v) is 23.1. The van der Waals surface area contributed by atoms with Gasteiger partial charge in [0, 0.05) is 17.1 Å². The molecule has 0 aliphatic carbocycles. The summed E-state index contributed by atoms with van der Waals surface area (Å²) >= 11 is 0. The number of benzene rings is 10. The van der Waals surface area contributed by atoms with Gasteiger partial charge in [-0.3, -0.25) is 0 Å². The van der Waals surface area contributed by atoms with E-state index >= 15 is 0 Å². The Hall–Kier alpha value is -5.56. The van der Waals surface area contributed by atoms with Crippen molar-refractivity contribution in [3.63, 3.8) is 0 Å². The average molecular weight is 961 g/mol. The summed E-state index contributed by atoms with van der Waals surface area (Å²) in [7, 11) is -4.56. The monoisotopic (exact) mass is 959 g/mol. The van der Waals surface area contributed by atoms with Crippen molar-refractivity contribution < 1.29 is 17.1 Å². The second-order valence-corrected chi connectivity index (χ2v) is 25.3. The van der Waals surface area contributed by atoms with E-state index in [9.17, 15) is 0 Å². The summed E-state index contributed by atoms with van der Waals surface area (Å²) in [5, 5.41) is 17.4. The van der Waals surface area contributed by atoms with Crippen molar-refractivity contribution in [1.82, 2.24) is 0 Å². The topological polar surface area (TPSA) is 0 Å². The molecule has 1 radical (unpaired) electrons. The molecule has 10 aromatic rings. The quantitative estimate of drug-likeness (QED) is 0.0847. The molecule has 5 heteroatoms. The summed E-state index contributed by atoms with van der Waals surface area (Å²) in [4.78, 5) is 0. The molecule has 0 saturated heterocycles. The van der Waals surface area contributed by atoms with E-state index in [2.05, 4.69) is 291 Å². The molecule has 0 aliphatic rings. The van der Waals surface area contributed by atoms with Crippen molar-refractivity contribution in [2.75, 3.05) is 0 Å². The van der Waals surface area contributed by atoms with E-state index in [1.165, 1.54) is 63.7 Å². The minimum atomic E-state index is -1.14. The molecule has 0 aliphatic heterocycles. The van der Waals surface area contributed by atoms with Gasteiger partial charge in [-0.05, 0) is 121 Å². The minimum absolute atomic E-state index is 0. The zero-order valence-corrected chi connectivity index (χ0v) is 41.0. The molecule has 0 bridgehead atoms. The van der Waals surface area contributed by atoms with Crippen LogP contribution in [0.4, 0.5) is 0 Å². The van der Waals surface area contributed by atoms with Gasteiger partial charge in [0.05, 0.1) is 0 Å².